The van der Waals surface area contributed by atoms with Crippen molar-refractivity contribution in [3.05, 3.63) is 58.2 Å². The van der Waals surface area contributed by atoms with Crippen molar-refractivity contribution in [1.82, 2.24) is 9.88 Å². The molecule has 1 amide bonds. The number of aromatic nitrogens is 1. The predicted octanol–water partition coefficient (Wildman–Crippen LogP) is 2.53. The highest BCUT2D eigenvalue weighted by atomic mass is 19.1. The molecule has 0 unspecified atom stereocenters. The van der Waals surface area contributed by atoms with Crippen molar-refractivity contribution < 1.29 is 28.2 Å². The third-order valence-corrected chi connectivity index (χ3v) is 4.36. The fourth-order valence-corrected chi connectivity index (χ4v) is 2.98. The summed E-state index contributed by atoms with van der Waals surface area (Å²) in [5, 5.41) is 0. The molecule has 1 heterocycles. The lowest BCUT2D eigenvalue weighted by Gasteiger charge is -2.22. The number of Topliss-reactive ketones (excluding diaryl/α,β-unsaturated/α-hetero) is 1. The summed E-state index contributed by atoms with van der Waals surface area (Å²) < 4.78 is 23.2. The Morgan fingerprint density at radius 2 is 1.89 bits per heavy atom. The van der Waals surface area contributed by atoms with Gasteiger partial charge in [0.25, 0.3) is 5.91 Å². The van der Waals surface area contributed by atoms with Crippen LogP contribution < -0.4 is 0 Å². The Kier molecular flexibility index (Phi) is 7.06. The molecule has 2 rings (SSSR count). The monoisotopic (exact) mass is 390 g/mol. The number of hydrogen-bond donors (Lipinski definition) is 1. The second-order valence-corrected chi connectivity index (χ2v) is 6.27. The van der Waals surface area contributed by atoms with Crippen LogP contribution in [-0.2, 0) is 9.47 Å². The maximum atomic E-state index is 13.5. The Morgan fingerprint density at radius 1 is 1.18 bits per heavy atom. The number of esters is 1. The molecule has 0 aliphatic heterocycles. The first-order valence-electron chi connectivity index (χ1n) is 8.64. The summed E-state index contributed by atoms with van der Waals surface area (Å²) in [4.78, 5) is 41.7. The van der Waals surface area contributed by atoms with Gasteiger partial charge in [0.2, 0.25) is 0 Å². The van der Waals surface area contributed by atoms with Gasteiger partial charge in [0.1, 0.15) is 11.5 Å². The number of hydrogen-bond acceptors (Lipinski definition) is 5. The fourth-order valence-electron chi connectivity index (χ4n) is 2.98. The summed E-state index contributed by atoms with van der Waals surface area (Å²) in [6, 6.07) is 5.27. The fraction of sp³-hybridized carbons (Fsp3) is 0.350. The van der Waals surface area contributed by atoms with Crippen molar-refractivity contribution >= 4 is 17.7 Å². The van der Waals surface area contributed by atoms with Gasteiger partial charge in [-0.25, -0.2) is 9.18 Å². The molecule has 28 heavy (non-hydrogen) atoms. The van der Waals surface area contributed by atoms with E-state index in [0.717, 1.165) is 6.07 Å². The molecule has 0 aliphatic rings. The van der Waals surface area contributed by atoms with Gasteiger partial charge in [0.05, 0.1) is 20.3 Å². The second kappa shape index (κ2) is 9.27. The highest BCUT2D eigenvalue weighted by Gasteiger charge is 2.26. The number of ether oxygens (including phenoxy) is 2. The van der Waals surface area contributed by atoms with Gasteiger partial charge in [-0.1, -0.05) is 6.07 Å². The molecular formula is C20H23FN2O5. The maximum Gasteiger partial charge on any atom is 0.354 e. The Hall–Kier alpha value is -3.00. The van der Waals surface area contributed by atoms with Gasteiger partial charge in [-0.05, 0) is 37.6 Å². The summed E-state index contributed by atoms with van der Waals surface area (Å²) >= 11 is 0. The number of amides is 1. The van der Waals surface area contributed by atoms with Gasteiger partial charge in [0, 0.05) is 30.5 Å². The van der Waals surface area contributed by atoms with Crippen LogP contribution >= 0.6 is 0 Å². The van der Waals surface area contributed by atoms with E-state index in [9.17, 15) is 18.8 Å². The number of rotatable bonds is 8. The standard InChI is InChI=1S/C20H23FN2O5/c1-12-17(13(2)22-18(12)20(26)28-4)16(24)11-23(8-9-27-3)19(25)14-6-5-7-15(21)10-14/h5-7,10,22H,8-9,11H2,1-4H3. The molecule has 0 saturated carbocycles. The maximum absolute atomic E-state index is 13.5. The number of aromatic amines is 1. The van der Waals surface area contributed by atoms with E-state index >= 15 is 0 Å². The Bertz CT molecular complexity index is 891. The molecule has 1 aromatic carbocycles. The van der Waals surface area contributed by atoms with Gasteiger partial charge >= 0.3 is 5.97 Å². The number of ketones is 1. The zero-order valence-corrected chi connectivity index (χ0v) is 16.3. The number of H-pyrrole nitrogens is 1. The third kappa shape index (κ3) is 4.64. The smallest absolute Gasteiger partial charge is 0.354 e. The topological polar surface area (TPSA) is 88.7 Å². The lowest BCUT2D eigenvalue weighted by Crippen LogP contribution is -2.38. The second-order valence-electron chi connectivity index (χ2n) is 6.27. The first-order valence-corrected chi connectivity index (χ1v) is 8.64. The largest absolute Gasteiger partial charge is 0.464 e. The highest BCUT2D eigenvalue weighted by Crippen LogP contribution is 2.20. The number of methoxy groups -OCH3 is 2. The molecule has 0 saturated heterocycles. The number of carbonyl (C=O) groups is 3. The molecule has 1 N–H and O–H groups in total. The zero-order valence-electron chi connectivity index (χ0n) is 16.3. The van der Waals surface area contributed by atoms with E-state index in [1.165, 1.54) is 37.3 Å². The number of aryl methyl sites for hydroxylation is 1. The van der Waals surface area contributed by atoms with E-state index in [1.807, 2.05) is 0 Å². The predicted molar refractivity (Wildman–Crippen MR) is 100 cm³/mol. The van der Waals surface area contributed by atoms with Gasteiger partial charge in [-0.3, -0.25) is 9.59 Å². The van der Waals surface area contributed by atoms with Gasteiger partial charge in [-0.2, -0.15) is 0 Å². The summed E-state index contributed by atoms with van der Waals surface area (Å²) in [5.74, 6) is -1.94. The lowest BCUT2D eigenvalue weighted by atomic mass is 10.0. The average molecular weight is 390 g/mol. The molecule has 2 aromatic rings. The minimum Gasteiger partial charge on any atom is -0.464 e. The molecule has 0 aliphatic carbocycles. The quantitative estimate of drug-likeness (QED) is 0.553. The third-order valence-electron chi connectivity index (χ3n) is 4.36. The van der Waals surface area contributed by atoms with E-state index in [4.69, 9.17) is 9.47 Å². The van der Waals surface area contributed by atoms with Crippen LogP contribution in [0.25, 0.3) is 0 Å². The van der Waals surface area contributed by atoms with E-state index in [-0.39, 0.29) is 36.7 Å². The van der Waals surface area contributed by atoms with E-state index in [1.54, 1.807) is 13.8 Å². The first kappa shape index (κ1) is 21.3. The molecular weight excluding hydrogens is 367 g/mol. The SMILES string of the molecule is COCCN(CC(=O)c1c(C)[nH]c(C(=O)OC)c1C)C(=O)c1cccc(F)c1. The van der Waals surface area contributed by atoms with E-state index in [2.05, 4.69) is 4.98 Å². The number of carbonyl (C=O) groups excluding carboxylic acids is 3. The molecule has 0 fully saturated rings. The van der Waals surface area contributed by atoms with Crippen molar-refractivity contribution in [1.29, 1.82) is 0 Å². The number of benzene rings is 1. The van der Waals surface area contributed by atoms with Gasteiger partial charge in [0.15, 0.2) is 5.78 Å². The van der Waals surface area contributed by atoms with Crippen LogP contribution in [0.2, 0.25) is 0 Å². The average Bonchev–Trinajstić information content (AvgIpc) is 2.98. The van der Waals surface area contributed by atoms with Crippen LogP contribution in [0, 0.1) is 19.7 Å². The van der Waals surface area contributed by atoms with Crippen molar-refractivity contribution in [2.75, 3.05) is 33.9 Å². The van der Waals surface area contributed by atoms with Crippen molar-refractivity contribution in [3.8, 4) is 0 Å². The minimum atomic E-state index is -0.577. The van der Waals surface area contributed by atoms with Crippen LogP contribution in [0.1, 0.15) is 42.5 Å². The minimum absolute atomic E-state index is 0.140. The molecule has 8 heteroatoms. The lowest BCUT2D eigenvalue weighted by molar-refractivity contribution is 0.0593. The summed E-state index contributed by atoms with van der Waals surface area (Å²) in [6.45, 7) is 3.44. The zero-order chi connectivity index (χ0) is 20.8. The summed E-state index contributed by atoms with van der Waals surface area (Å²) in [6.07, 6.45) is 0. The van der Waals surface area contributed by atoms with Crippen LogP contribution in [-0.4, -0.2) is 61.5 Å². The molecule has 7 nitrogen and oxygen atoms in total. The van der Waals surface area contributed by atoms with E-state index in [0.29, 0.717) is 16.8 Å². The van der Waals surface area contributed by atoms with Crippen LogP contribution in [0.15, 0.2) is 24.3 Å². The van der Waals surface area contributed by atoms with Crippen LogP contribution in [0.4, 0.5) is 4.39 Å². The van der Waals surface area contributed by atoms with Crippen LogP contribution in [0.5, 0.6) is 0 Å². The number of nitrogens with one attached hydrogen (secondary N) is 1. The van der Waals surface area contributed by atoms with Crippen molar-refractivity contribution in [2.45, 2.75) is 13.8 Å². The first-order chi connectivity index (χ1) is 13.3. The summed E-state index contributed by atoms with van der Waals surface area (Å²) in [5.41, 5.74) is 1.63. The molecule has 0 bridgehead atoms. The molecule has 0 atom stereocenters. The Balaban J connectivity index is 2.30. The van der Waals surface area contributed by atoms with Crippen LogP contribution in [0.3, 0.4) is 0 Å². The van der Waals surface area contributed by atoms with Crippen molar-refractivity contribution in [2.24, 2.45) is 0 Å². The van der Waals surface area contributed by atoms with Crippen molar-refractivity contribution in [3.63, 3.8) is 0 Å². The van der Waals surface area contributed by atoms with Gasteiger partial charge < -0.3 is 19.4 Å². The highest BCUT2D eigenvalue weighted by molar-refractivity contribution is 6.05. The van der Waals surface area contributed by atoms with E-state index < -0.39 is 17.7 Å². The molecule has 1 aromatic heterocycles. The Labute approximate surface area is 162 Å². The number of nitrogens with zero attached hydrogens (tertiary/aromatic N) is 1. The summed E-state index contributed by atoms with van der Waals surface area (Å²) in [7, 11) is 2.74. The Morgan fingerprint density at radius 3 is 2.50 bits per heavy atom. The molecule has 0 spiro atoms. The molecule has 0 radical (unpaired) electrons. The number of halogens is 1. The van der Waals surface area contributed by atoms with Gasteiger partial charge in [-0.15, -0.1) is 0 Å². The molecule has 150 valence electrons. The normalized spacial score (nSPS) is 10.6.